The zero-order valence-corrected chi connectivity index (χ0v) is 16.3. The van der Waals surface area contributed by atoms with Crippen LogP contribution in [0.2, 0.25) is 0 Å². The van der Waals surface area contributed by atoms with E-state index in [1.807, 2.05) is 49.4 Å². The van der Waals surface area contributed by atoms with Crippen molar-refractivity contribution in [1.82, 2.24) is 24.8 Å². The van der Waals surface area contributed by atoms with E-state index in [4.69, 9.17) is 14.6 Å². The molecule has 4 heterocycles. The summed E-state index contributed by atoms with van der Waals surface area (Å²) in [6.45, 7) is 2.36. The topological polar surface area (TPSA) is 74.4 Å². The number of para-hydroxylation sites is 3. The fraction of sp³-hybridized carbons (Fsp3) is 0.143. The van der Waals surface area contributed by atoms with Crippen molar-refractivity contribution in [3.8, 4) is 22.1 Å². The molecule has 29 heavy (non-hydrogen) atoms. The lowest BCUT2D eigenvalue weighted by Gasteiger charge is -2.24. The van der Waals surface area contributed by atoms with Crippen LogP contribution in [-0.4, -0.2) is 31.4 Å². The molecule has 0 amide bonds. The van der Waals surface area contributed by atoms with Gasteiger partial charge in [-0.25, -0.2) is 0 Å². The lowest BCUT2D eigenvalue weighted by Crippen LogP contribution is -2.23. The molecule has 1 aliphatic rings. The van der Waals surface area contributed by atoms with Gasteiger partial charge in [-0.1, -0.05) is 41.7 Å². The van der Waals surface area contributed by atoms with Crippen molar-refractivity contribution in [2.24, 2.45) is 0 Å². The van der Waals surface area contributed by atoms with Gasteiger partial charge in [0.2, 0.25) is 4.96 Å². The predicted molar refractivity (Wildman–Crippen MR) is 109 cm³/mol. The number of nitrogens with zero attached hydrogens (tertiary/aromatic N) is 5. The van der Waals surface area contributed by atoms with Crippen LogP contribution in [-0.2, 0) is 0 Å². The standard InChI is InChI=1S/C21H15N5O2S/c1-12-10-14(13-6-2-3-7-15(13)22-12)20-25-26-19(23-24-21(26)29-20)18-11-27-16-8-4-5-9-17(16)28-18/h2-10,18H,11H2,1H3. The van der Waals surface area contributed by atoms with Gasteiger partial charge < -0.3 is 9.47 Å². The molecule has 0 saturated carbocycles. The molecule has 6 rings (SSSR count). The number of pyridine rings is 1. The highest BCUT2D eigenvalue weighted by Gasteiger charge is 2.28. The maximum absolute atomic E-state index is 6.10. The van der Waals surface area contributed by atoms with E-state index in [0.29, 0.717) is 18.2 Å². The van der Waals surface area contributed by atoms with E-state index in [9.17, 15) is 0 Å². The van der Waals surface area contributed by atoms with Crippen LogP contribution in [0.1, 0.15) is 17.6 Å². The predicted octanol–water partition coefficient (Wildman–Crippen LogP) is 4.22. The van der Waals surface area contributed by atoms with Gasteiger partial charge in [-0.05, 0) is 31.2 Å². The molecule has 0 N–H and O–H groups in total. The monoisotopic (exact) mass is 401 g/mol. The molecule has 7 nitrogen and oxygen atoms in total. The van der Waals surface area contributed by atoms with Crippen molar-refractivity contribution in [3.63, 3.8) is 0 Å². The summed E-state index contributed by atoms with van der Waals surface area (Å²) >= 11 is 1.50. The van der Waals surface area contributed by atoms with Crippen LogP contribution in [0.15, 0.2) is 54.6 Å². The fourth-order valence-corrected chi connectivity index (χ4v) is 4.45. The minimum atomic E-state index is -0.370. The molecule has 0 radical (unpaired) electrons. The number of aryl methyl sites for hydroxylation is 1. The van der Waals surface area contributed by atoms with E-state index < -0.39 is 0 Å². The zero-order chi connectivity index (χ0) is 19.4. The lowest BCUT2D eigenvalue weighted by molar-refractivity contribution is 0.0836. The Balaban J connectivity index is 1.45. The highest BCUT2D eigenvalue weighted by atomic mass is 32.1. The molecule has 1 unspecified atom stereocenters. The Morgan fingerprint density at radius 3 is 2.79 bits per heavy atom. The van der Waals surface area contributed by atoms with Gasteiger partial charge in [0, 0.05) is 16.6 Å². The third-order valence-corrected chi connectivity index (χ3v) is 5.82. The number of aromatic nitrogens is 5. The van der Waals surface area contributed by atoms with E-state index in [1.165, 1.54) is 11.3 Å². The van der Waals surface area contributed by atoms with Crippen LogP contribution in [0, 0.1) is 6.92 Å². The van der Waals surface area contributed by atoms with Crippen molar-refractivity contribution in [1.29, 1.82) is 0 Å². The Kier molecular flexibility index (Phi) is 3.54. The lowest BCUT2D eigenvalue weighted by atomic mass is 10.1. The summed E-state index contributed by atoms with van der Waals surface area (Å²) in [5.41, 5.74) is 2.94. The normalized spacial score (nSPS) is 15.8. The summed E-state index contributed by atoms with van der Waals surface area (Å²) in [6.07, 6.45) is -0.370. The van der Waals surface area contributed by atoms with Crippen molar-refractivity contribution in [2.75, 3.05) is 6.61 Å². The molecule has 0 bridgehead atoms. The number of ether oxygens (including phenoxy) is 2. The summed E-state index contributed by atoms with van der Waals surface area (Å²) in [5, 5.41) is 15.4. The molecule has 2 aromatic carbocycles. The highest BCUT2D eigenvalue weighted by Crippen LogP contribution is 2.37. The fourth-order valence-electron chi connectivity index (χ4n) is 3.57. The van der Waals surface area contributed by atoms with E-state index in [0.717, 1.165) is 37.9 Å². The van der Waals surface area contributed by atoms with Gasteiger partial charge in [-0.15, -0.1) is 10.2 Å². The van der Waals surface area contributed by atoms with Crippen LogP contribution in [0.3, 0.4) is 0 Å². The Bertz CT molecular complexity index is 1380. The Morgan fingerprint density at radius 2 is 1.86 bits per heavy atom. The third kappa shape index (κ3) is 2.64. The average molecular weight is 401 g/mol. The summed E-state index contributed by atoms with van der Waals surface area (Å²) in [5.74, 6) is 2.07. The maximum atomic E-state index is 6.10. The second-order valence-electron chi connectivity index (χ2n) is 6.85. The minimum Gasteiger partial charge on any atom is -0.485 e. The van der Waals surface area contributed by atoms with Crippen LogP contribution in [0.25, 0.3) is 26.4 Å². The van der Waals surface area contributed by atoms with Crippen LogP contribution < -0.4 is 9.47 Å². The van der Waals surface area contributed by atoms with E-state index in [2.05, 4.69) is 27.3 Å². The number of fused-ring (bicyclic) bond motifs is 3. The molecular formula is C21H15N5O2S. The van der Waals surface area contributed by atoms with Gasteiger partial charge in [0.15, 0.2) is 23.4 Å². The van der Waals surface area contributed by atoms with Crippen LogP contribution in [0.4, 0.5) is 0 Å². The molecule has 0 spiro atoms. The van der Waals surface area contributed by atoms with Gasteiger partial charge in [0.05, 0.1) is 5.52 Å². The molecule has 5 aromatic rings. The number of benzene rings is 2. The molecule has 0 saturated heterocycles. The number of rotatable bonds is 2. The smallest absolute Gasteiger partial charge is 0.235 e. The summed E-state index contributed by atoms with van der Waals surface area (Å²) < 4.78 is 13.7. The Labute approximate surface area is 169 Å². The summed E-state index contributed by atoms with van der Waals surface area (Å²) in [7, 11) is 0. The van der Waals surface area contributed by atoms with Gasteiger partial charge in [0.25, 0.3) is 0 Å². The molecular weight excluding hydrogens is 386 g/mol. The molecule has 3 aromatic heterocycles. The van der Waals surface area contributed by atoms with Crippen molar-refractivity contribution >= 4 is 27.2 Å². The van der Waals surface area contributed by atoms with Crippen LogP contribution in [0.5, 0.6) is 11.5 Å². The summed E-state index contributed by atoms with van der Waals surface area (Å²) in [6, 6.07) is 17.8. The van der Waals surface area contributed by atoms with Crippen molar-refractivity contribution < 1.29 is 9.47 Å². The van der Waals surface area contributed by atoms with Gasteiger partial charge >= 0.3 is 0 Å². The first kappa shape index (κ1) is 16.4. The molecule has 0 fully saturated rings. The minimum absolute atomic E-state index is 0.363. The molecule has 1 atom stereocenters. The first-order valence-corrected chi connectivity index (χ1v) is 10.1. The van der Waals surface area contributed by atoms with Crippen molar-refractivity contribution in [3.05, 3.63) is 66.1 Å². The van der Waals surface area contributed by atoms with Crippen molar-refractivity contribution in [2.45, 2.75) is 13.0 Å². The summed E-state index contributed by atoms with van der Waals surface area (Å²) in [4.78, 5) is 5.34. The number of hydrogen-bond acceptors (Lipinski definition) is 7. The van der Waals surface area contributed by atoms with Crippen LogP contribution >= 0.6 is 11.3 Å². The average Bonchev–Trinajstić information content (AvgIpc) is 3.33. The highest BCUT2D eigenvalue weighted by molar-refractivity contribution is 7.19. The zero-order valence-electron chi connectivity index (χ0n) is 15.4. The molecule has 142 valence electrons. The van der Waals surface area contributed by atoms with E-state index in [1.54, 1.807) is 4.52 Å². The van der Waals surface area contributed by atoms with Gasteiger partial charge in [0.1, 0.15) is 11.6 Å². The first-order chi connectivity index (χ1) is 14.3. The second kappa shape index (κ2) is 6.25. The molecule has 1 aliphatic heterocycles. The molecule has 8 heteroatoms. The van der Waals surface area contributed by atoms with E-state index >= 15 is 0 Å². The quantitative estimate of drug-likeness (QED) is 0.441. The Morgan fingerprint density at radius 1 is 1.03 bits per heavy atom. The third-order valence-electron chi connectivity index (χ3n) is 4.89. The number of hydrogen-bond donors (Lipinski definition) is 0. The Hall–Kier alpha value is -3.52. The maximum Gasteiger partial charge on any atom is 0.235 e. The molecule has 0 aliphatic carbocycles. The van der Waals surface area contributed by atoms with E-state index in [-0.39, 0.29) is 6.10 Å². The van der Waals surface area contributed by atoms with Gasteiger partial charge in [-0.3, -0.25) is 4.98 Å². The van der Waals surface area contributed by atoms with Gasteiger partial charge in [-0.2, -0.15) is 9.61 Å². The second-order valence-corrected chi connectivity index (χ2v) is 7.81. The largest absolute Gasteiger partial charge is 0.485 e. The first-order valence-electron chi connectivity index (χ1n) is 9.24. The SMILES string of the molecule is Cc1cc(-c2nn3c(C4COc5ccccc5O4)nnc3s2)c2ccccc2n1.